The lowest BCUT2D eigenvalue weighted by molar-refractivity contribution is 0.468. The van der Waals surface area contributed by atoms with Crippen LogP contribution in [0.25, 0.3) is 28.2 Å². The molecule has 5 aromatic rings. The second-order valence-electron chi connectivity index (χ2n) is 8.82. The zero-order valence-corrected chi connectivity index (χ0v) is 21.8. The minimum atomic E-state index is -3.48. The Balaban J connectivity index is 1.67. The smallest absolute Gasteiger partial charge is 0.223 e. The monoisotopic (exact) mass is 543 g/mol. The number of fused-ring (bicyclic) bond motifs is 1. The number of anilines is 1. The number of sulfonamides is 1. The molecule has 0 amide bonds. The van der Waals surface area contributed by atoms with Crippen molar-refractivity contribution in [1.82, 2.24) is 33.9 Å². The maximum atomic E-state index is 15.0. The lowest BCUT2D eigenvalue weighted by atomic mass is 10.0. The standard InChI is InChI=1S/C26H22FN9O2S/c1-35(39(2,37)38)14-18-7-4-8-20(27)19(18)12-22-32-25-23(21-9-10-30-15-31-21)24(33-26(29)36(25)34-22)17-6-3-5-16(11-17)13-28/h3-11,15H,12,14H2,1-2H3,(H2,29,33). The molecule has 2 N–H and O–H groups in total. The van der Waals surface area contributed by atoms with E-state index >= 15 is 4.39 Å². The molecule has 0 bridgehead atoms. The van der Waals surface area contributed by atoms with Crippen LogP contribution >= 0.6 is 0 Å². The van der Waals surface area contributed by atoms with E-state index in [1.807, 2.05) is 0 Å². The van der Waals surface area contributed by atoms with Crippen molar-refractivity contribution < 1.29 is 12.8 Å². The van der Waals surface area contributed by atoms with Gasteiger partial charge < -0.3 is 5.73 Å². The summed E-state index contributed by atoms with van der Waals surface area (Å²) < 4.78 is 41.4. The second kappa shape index (κ2) is 10.2. The van der Waals surface area contributed by atoms with Crippen LogP contribution in [0.2, 0.25) is 0 Å². The maximum Gasteiger partial charge on any atom is 0.223 e. The summed E-state index contributed by atoms with van der Waals surface area (Å²) >= 11 is 0. The zero-order chi connectivity index (χ0) is 27.7. The van der Waals surface area contributed by atoms with Crippen molar-refractivity contribution in [3.63, 3.8) is 0 Å². The first kappa shape index (κ1) is 25.8. The third-order valence-corrected chi connectivity index (χ3v) is 7.43. The van der Waals surface area contributed by atoms with Crippen LogP contribution in [-0.4, -0.2) is 55.6 Å². The molecule has 0 spiro atoms. The number of hydrogen-bond acceptors (Lipinski definition) is 9. The summed E-state index contributed by atoms with van der Waals surface area (Å²) in [5.74, 6) is -0.232. The van der Waals surface area contributed by atoms with Crippen molar-refractivity contribution in [1.29, 1.82) is 5.26 Å². The molecule has 5 rings (SSSR count). The number of nitriles is 1. The predicted molar refractivity (Wildman–Crippen MR) is 142 cm³/mol. The number of nitrogens with zero attached hydrogens (tertiary/aromatic N) is 8. The highest BCUT2D eigenvalue weighted by molar-refractivity contribution is 7.88. The first-order valence-electron chi connectivity index (χ1n) is 11.7. The summed E-state index contributed by atoms with van der Waals surface area (Å²) in [5, 5.41) is 13.9. The van der Waals surface area contributed by atoms with Crippen LogP contribution in [0, 0.1) is 17.1 Å². The fraction of sp³-hybridized carbons (Fsp3) is 0.154. The normalized spacial score (nSPS) is 11.7. The third kappa shape index (κ3) is 5.15. The Bertz CT molecular complexity index is 1850. The quantitative estimate of drug-likeness (QED) is 0.326. The summed E-state index contributed by atoms with van der Waals surface area (Å²) in [6.07, 6.45) is 4.03. The Kier molecular flexibility index (Phi) is 6.73. The maximum absolute atomic E-state index is 15.0. The molecular weight excluding hydrogens is 521 g/mol. The van der Waals surface area contributed by atoms with Gasteiger partial charge >= 0.3 is 0 Å². The van der Waals surface area contributed by atoms with Gasteiger partial charge in [0, 0.05) is 31.8 Å². The summed E-state index contributed by atoms with van der Waals surface area (Å²) in [6, 6.07) is 15.2. The lowest BCUT2D eigenvalue weighted by Gasteiger charge is -2.16. The van der Waals surface area contributed by atoms with Crippen LogP contribution in [-0.2, 0) is 23.0 Å². The van der Waals surface area contributed by atoms with E-state index in [0.717, 1.165) is 10.6 Å². The van der Waals surface area contributed by atoms with Gasteiger partial charge in [0.05, 0.1) is 34.8 Å². The van der Waals surface area contributed by atoms with Gasteiger partial charge in [0.1, 0.15) is 12.1 Å². The number of halogens is 1. The molecule has 0 saturated carbocycles. The molecule has 13 heteroatoms. The topological polar surface area (TPSA) is 156 Å². The number of hydrogen-bond donors (Lipinski definition) is 1. The Labute approximate surface area is 223 Å². The average Bonchev–Trinajstić information content (AvgIpc) is 3.35. The van der Waals surface area contributed by atoms with Gasteiger partial charge in [-0.2, -0.15) is 9.78 Å². The summed E-state index contributed by atoms with van der Waals surface area (Å²) in [4.78, 5) is 17.6. The minimum Gasteiger partial charge on any atom is -0.368 e. The average molecular weight is 544 g/mol. The molecule has 3 aromatic heterocycles. The van der Waals surface area contributed by atoms with Crippen LogP contribution in [0.15, 0.2) is 61.1 Å². The molecule has 0 aliphatic carbocycles. The summed E-state index contributed by atoms with van der Waals surface area (Å²) in [5.41, 5.74) is 9.89. The third-order valence-electron chi connectivity index (χ3n) is 6.17. The molecule has 0 fully saturated rings. The fourth-order valence-corrected chi connectivity index (χ4v) is 4.53. The molecule has 39 heavy (non-hydrogen) atoms. The summed E-state index contributed by atoms with van der Waals surface area (Å²) in [7, 11) is -2.06. The van der Waals surface area contributed by atoms with Crippen molar-refractivity contribution in [2.24, 2.45) is 0 Å². The molecular formula is C26H22FN9O2S. The van der Waals surface area contributed by atoms with E-state index in [4.69, 9.17) is 10.7 Å². The molecule has 196 valence electrons. The molecule has 0 atom stereocenters. The van der Waals surface area contributed by atoms with Crippen LogP contribution < -0.4 is 5.73 Å². The highest BCUT2D eigenvalue weighted by Crippen LogP contribution is 2.34. The van der Waals surface area contributed by atoms with Crippen molar-refractivity contribution in [3.8, 4) is 28.6 Å². The highest BCUT2D eigenvalue weighted by atomic mass is 32.2. The molecule has 2 aromatic carbocycles. The molecule has 0 aliphatic heterocycles. The van der Waals surface area contributed by atoms with Crippen LogP contribution in [0.3, 0.4) is 0 Å². The Morgan fingerprint density at radius 1 is 1.15 bits per heavy atom. The van der Waals surface area contributed by atoms with E-state index in [0.29, 0.717) is 39.3 Å². The van der Waals surface area contributed by atoms with Gasteiger partial charge in [-0.15, -0.1) is 5.10 Å². The SMILES string of the molecule is CN(Cc1cccc(F)c1Cc1nc2c(-c3ccncn3)c(-c3cccc(C#N)c3)nc(N)n2n1)S(C)(=O)=O. The van der Waals surface area contributed by atoms with Crippen molar-refractivity contribution >= 4 is 21.6 Å². The van der Waals surface area contributed by atoms with Gasteiger partial charge in [0.15, 0.2) is 11.5 Å². The van der Waals surface area contributed by atoms with Gasteiger partial charge in [-0.1, -0.05) is 24.3 Å². The first-order chi connectivity index (χ1) is 18.7. The number of nitrogens with two attached hydrogens (primary N) is 1. The Morgan fingerprint density at radius 2 is 1.95 bits per heavy atom. The van der Waals surface area contributed by atoms with E-state index in [1.54, 1.807) is 42.6 Å². The Hall–Kier alpha value is -4.80. The van der Waals surface area contributed by atoms with Crippen molar-refractivity contribution in [2.45, 2.75) is 13.0 Å². The van der Waals surface area contributed by atoms with Crippen LogP contribution in [0.4, 0.5) is 10.3 Å². The highest BCUT2D eigenvalue weighted by Gasteiger charge is 2.23. The number of benzene rings is 2. The number of rotatable bonds is 7. The van der Waals surface area contributed by atoms with Gasteiger partial charge in [-0.25, -0.2) is 37.0 Å². The largest absolute Gasteiger partial charge is 0.368 e. The second-order valence-corrected chi connectivity index (χ2v) is 10.9. The number of aromatic nitrogens is 6. The minimum absolute atomic E-state index is 0.0193. The fourth-order valence-electron chi connectivity index (χ4n) is 4.16. The van der Waals surface area contributed by atoms with Crippen LogP contribution in [0.1, 0.15) is 22.5 Å². The van der Waals surface area contributed by atoms with Crippen LogP contribution in [0.5, 0.6) is 0 Å². The van der Waals surface area contributed by atoms with Crippen molar-refractivity contribution in [3.05, 3.63) is 89.4 Å². The molecule has 3 heterocycles. The molecule has 0 aliphatic rings. The molecule has 0 saturated heterocycles. The van der Waals surface area contributed by atoms with Gasteiger partial charge in [0.2, 0.25) is 16.0 Å². The molecule has 11 nitrogen and oxygen atoms in total. The van der Waals surface area contributed by atoms with E-state index in [-0.39, 0.29) is 30.3 Å². The lowest BCUT2D eigenvalue weighted by Crippen LogP contribution is -2.25. The molecule has 0 unspecified atom stereocenters. The number of nitrogen functional groups attached to an aromatic ring is 1. The Morgan fingerprint density at radius 3 is 2.67 bits per heavy atom. The van der Waals surface area contributed by atoms with Gasteiger partial charge in [-0.05, 0) is 35.4 Å². The molecule has 0 radical (unpaired) electrons. The van der Waals surface area contributed by atoms with Gasteiger partial charge in [-0.3, -0.25) is 0 Å². The predicted octanol–water partition coefficient (Wildman–Crippen LogP) is 2.82. The van der Waals surface area contributed by atoms with E-state index in [9.17, 15) is 13.7 Å². The van der Waals surface area contributed by atoms with Crippen molar-refractivity contribution in [2.75, 3.05) is 19.0 Å². The zero-order valence-electron chi connectivity index (χ0n) is 20.9. The first-order valence-corrected chi connectivity index (χ1v) is 13.5. The van der Waals surface area contributed by atoms with E-state index < -0.39 is 15.8 Å². The summed E-state index contributed by atoms with van der Waals surface area (Å²) in [6.45, 7) is -0.0193. The van der Waals surface area contributed by atoms with E-state index in [2.05, 4.69) is 26.1 Å². The van der Waals surface area contributed by atoms with Gasteiger partial charge in [0.25, 0.3) is 0 Å². The van der Waals surface area contributed by atoms with E-state index in [1.165, 1.54) is 30.0 Å².